The Labute approximate surface area is 131 Å². The summed E-state index contributed by atoms with van der Waals surface area (Å²) < 4.78 is 29.0. The van der Waals surface area contributed by atoms with E-state index in [0.29, 0.717) is 17.4 Å². The Morgan fingerprint density at radius 2 is 1.76 bits per heavy atom. The van der Waals surface area contributed by atoms with Gasteiger partial charge in [-0.15, -0.1) is 0 Å². The van der Waals surface area contributed by atoms with Gasteiger partial charge in [-0.2, -0.15) is 0 Å². The summed E-state index contributed by atoms with van der Waals surface area (Å²) in [4.78, 5) is 0. The van der Waals surface area contributed by atoms with Gasteiger partial charge in [0.1, 0.15) is 5.75 Å². The van der Waals surface area contributed by atoms with E-state index in [1.165, 1.54) is 0 Å². The Balaban J connectivity index is 2.14. The van der Waals surface area contributed by atoms with Gasteiger partial charge in [0.2, 0.25) is 10.0 Å². The zero-order valence-electron chi connectivity index (χ0n) is 12.1. The molecule has 2 rings (SSSR count). The highest BCUT2D eigenvalue weighted by atomic mass is 35.5. The third kappa shape index (κ3) is 5.16. The van der Waals surface area contributed by atoms with Gasteiger partial charge in [0, 0.05) is 5.41 Å². The van der Waals surface area contributed by atoms with E-state index in [0.717, 1.165) is 38.5 Å². The summed E-state index contributed by atoms with van der Waals surface area (Å²) >= 11 is 6.08. The van der Waals surface area contributed by atoms with Crippen LogP contribution in [0.5, 0.6) is 5.75 Å². The normalized spacial score (nSPS) is 19.0. The molecule has 21 heavy (non-hydrogen) atoms. The van der Waals surface area contributed by atoms with Crippen LogP contribution in [0.15, 0.2) is 24.3 Å². The highest BCUT2D eigenvalue weighted by Gasteiger charge is 2.35. The van der Waals surface area contributed by atoms with Crippen molar-refractivity contribution in [1.29, 1.82) is 0 Å². The summed E-state index contributed by atoms with van der Waals surface area (Å²) in [5, 5.41) is 5.83. The number of hydrogen-bond donors (Lipinski definition) is 1. The average molecular weight is 332 g/mol. The molecular weight excluding hydrogens is 310 g/mol. The molecule has 0 atom stereocenters. The summed E-state index contributed by atoms with van der Waals surface area (Å²) in [5.41, 5.74) is -0.400. The van der Waals surface area contributed by atoms with Crippen molar-refractivity contribution < 1.29 is 13.2 Å². The van der Waals surface area contributed by atoms with Crippen molar-refractivity contribution in [3.8, 4) is 5.75 Å². The molecule has 0 aromatic heterocycles. The van der Waals surface area contributed by atoms with Crippen LogP contribution in [0, 0.1) is 5.41 Å². The van der Waals surface area contributed by atoms with Gasteiger partial charge in [0.05, 0.1) is 17.4 Å². The van der Waals surface area contributed by atoms with E-state index in [9.17, 15) is 8.42 Å². The first-order valence-electron chi connectivity index (χ1n) is 7.28. The van der Waals surface area contributed by atoms with Gasteiger partial charge in [-0.25, -0.2) is 13.6 Å². The standard InChI is InChI=1S/C15H22ClNO3S/c16-13-7-3-4-8-14(13)20-11-15(12-21(17,18)19)9-5-1-2-6-10-15/h3-4,7-8H,1-2,5-6,9-12H2,(H2,17,18,19). The maximum Gasteiger partial charge on any atom is 0.209 e. The number of primary sulfonamides is 1. The average Bonchev–Trinajstić information content (AvgIpc) is 2.62. The highest BCUT2D eigenvalue weighted by molar-refractivity contribution is 7.89. The molecule has 1 saturated carbocycles. The summed E-state index contributed by atoms with van der Waals surface area (Å²) in [5.74, 6) is 0.571. The van der Waals surface area contributed by atoms with Crippen LogP contribution in [0.2, 0.25) is 5.02 Å². The van der Waals surface area contributed by atoms with Gasteiger partial charge >= 0.3 is 0 Å². The molecule has 0 aliphatic heterocycles. The van der Waals surface area contributed by atoms with Gasteiger partial charge in [-0.3, -0.25) is 0 Å². The molecule has 2 N–H and O–H groups in total. The first kappa shape index (κ1) is 16.6. The molecule has 1 aromatic rings. The number of para-hydroxylation sites is 1. The second-order valence-corrected chi connectivity index (χ2v) is 7.96. The number of rotatable bonds is 5. The lowest BCUT2D eigenvalue weighted by molar-refractivity contribution is 0.146. The molecule has 1 fully saturated rings. The zero-order chi connectivity index (χ0) is 15.3. The third-order valence-electron chi connectivity index (χ3n) is 4.04. The smallest absolute Gasteiger partial charge is 0.209 e. The molecule has 0 amide bonds. The lowest BCUT2D eigenvalue weighted by atomic mass is 9.83. The lowest BCUT2D eigenvalue weighted by Crippen LogP contribution is -2.38. The van der Waals surface area contributed by atoms with E-state index in [1.807, 2.05) is 12.1 Å². The fraction of sp³-hybridized carbons (Fsp3) is 0.600. The highest BCUT2D eigenvalue weighted by Crippen LogP contribution is 2.37. The lowest BCUT2D eigenvalue weighted by Gasteiger charge is -2.31. The summed E-state index contributed by atoms with van der Waals surface area (Å²) in [7, 11) is -3.53. The molecule has 1 aliphatic carbocycles. The fourth-order valence-corrected chi connectivity index (χ4v) is 4.44. The number of nitrogens with two attached hydrogens (primary N) is 1. The van der Waals surface area contributed by atoms with E-state index in [-0.39, 0.29) is 5.75 Å². The Hall–Kier alpha value is -0.780. The molecule has 0 spiro atoms. The minimum Gasteiger partial charge on any atom is -0.491 e. The van der Waals surface area contributed by atoms with E-state index in [1.54, 1.807) is 12.1 Å². The molecule has 0 saturated heterocycles. The van der Waals surface area contributed by atoms with Crippen molar-refractivity contribution in [3.63, 3.8) is 0 Å². The maximum atomic E-state index is 11.6. The number of halogens is 1. The van der Waals surface area contributed by atoms with Crippen molar-refractivity contribution in [1.82, 2.24) is 0 Å². The topological polar surface area (TPSA) is 69.4 Å². The van der Waals surface area contributed by atoms with Gasteiger partial charge < -0.3 is 4.74 Å². The van der Waals surface area contributed by atoms with Gasteiger partial charge in [0.25, 0.3) is 0 Å². The van der Waals surface area contributed by atoms with Crippen LogP contribution in [0.25, 0.3) is 0 Å². The van der Waals surface area contributed by atoms with Crippen LogP contribution >= 0.6 is 11.6 Å². The molecule has 0 radical (unpaired) electrons. The molecule has 1 aliphatic rings. The van der Waals surface area contributed by atoms with Crippen molar-refractivity contribution in [2.24, 2.45) is 10.6 Å². The largest absolute Gasteiger partial charge is 0.491 e. The van der Waals surface area contributed by atoms with Crippen molar-refractivity contribution in [2.45, 2.75) is 38.5 Å². The Morgan fingerprint density at radius 1 is 1.14 bits per heavy atom. The monoisotopic (exact) mass is 331 g/mol. The predicted octanol–water partition coefficient (Wildman–Crippen LogP) is 3.35. The Kier molecular flexibility index (Phi) is 5.52. The zero-order valence-corrected chi connectivity index (χ0v) is 13.6. The third-order valence-corrected chi connectivity index (χ3v) is 5.37. The van der Waals surface area contributed by atoms with Crippen molar-refractivity contribution in [3.05, 3.63) is 29.3 Å². The number of hydrogen-bond acceptors (Lipinski definition) is 3. The van der Waals surface area contributed by atoms with Crippen molar-refractivity contribution in [2.75, 3.05) is 12.4 Å². The Morgan fingerprint density at radius 3 is 2.33 bits per heavy atom. The molecule has 6 heteroatoms. The van der Waals surface area contributed by atoms with Gasteiger partial charge in [0.15, 0.2) is 0 Å². The summed E-state index contributed by atoms with van der Waals surface area (Å²) in [6.07, 6.45) is 5.96. The second-order valence-electron chi connectivity index (χ2n) is 5.94. The van der Waals surface area contributed by atoms with E-state index in [4.69, 9.17) is 21.5 Å². The first-order chi connectivity index (χ1) is 9.90. The number of sulfonamides is 1. The Bertz CT molecular complexity index is 566. The van der Waals surface area contributed by atoms with E-state index in [2.05, 4.69) is 0 Å². The van der Waals surface area contributed by atoms with Crippen LogP contribution in [0.3, 0.4) is 0 Å². The minimum atomic E-state index is -3.53. The van der Waals surface area contributed by atoms with E-state index < -0.39 is 15.4 Å². The molecular formula is C15H22ClNO3S. The van der Waals surface area contributed by atoms with Crippen LogP contribution in [0.1, 0.15) is 38.5 Å². The van der Waals surface area contributed by atoms with E-state index >= 15 is 0 Å². The number of ether oxygens (including phenoxy) is 1. The summed E-state index contributed by atoms with van der Waals surface area (Å²) in [6, 6.07) is 7.24. The van der Waals surface area contributed by atoms with Gasteiger partial charge in [-0.1, -0.05) is 49.4 Å². The molecule has 0 heterocycles. The van der Waals surface area contributed by atoms with Crippen LogP contribution in [0.4, 0.5) is 0 Å². The second kappa shape index (κ2) is 6.99. The van der Waals surface area contributed by atoms with Gasteiger partial charge in [-0.05, 0) is 25.0 Å². The molecule has 4 nitrogen and oxygen atoms in total. The first-order valence-corrected chi connectivity index (χ1v) is 9.37. The van der Waals surface area contributed by atoms with Crippen LogP contribution in [-0.2, 0) is 10.0 Å². The number of benzene rings is 1. The van der Waals surface area contributed by atoms with Crippen molar-refractivity contribution >= 4 is 21.6 Å². The maximum absolute atomic E-state index is 11.6. The fourth-order valence-electron chi connectivity index (χ4n) is 3.03. The SMILES string of the molecule is NS(=O)(=O)CC1(COc2ccccc2Cl)CCCCCC1. The minimum absolute atomic E-state index is 0.0234. The molecule has 1 aromatic carbocycles. The molecule has 0 unspecified atom stereocenters. The predicted molar refractivity (Wildman–Crippen MR) is 85.1 cm³/mol. The quantitative estimate of drug-likeness (QED) is 0.841. The molecule has 0 bridgehead atoms. The van der Waals surface area contributed by atoms with Crippen LogP contribution in [-0.4, -0.2) is 20.8 Å². The van der Waals surface area contributed by atoms with Crippen LogP contribution < -0.4 is 9.88 Å². The summed E-state index contributed by atoms with van der Waals surface area (Å²) in [6.45, 7) is 0.340. The molecule has 118 valence electrons.